The van der Waals surface area contributed by atoms with Crippen molar-refractivity contribution in [3.05, 3.63) is 65.2 Å². The summed E-state index contributed by atoms with van der Waals surface area (Å²) in [6.45, 7) is 2.35. The molecule has 1 heterocycles. The molecule has 0 fully saturated rings. The maximum Gasteiger partial charge on any atom is 0.271 e. The first-order valence-electron chi connectivity index (χ1n) is 9.36. The first kappa shape index (κ1) is 20.5. The smallest absolute Gasteiger partial charge is 0.271 e. The molecule has 6 nitrogen and oxygen atoms in total. The number of anilines is 1. The number of aromatic nitrogens is 1. The molecule has 29 heavy (non-hydrogen) atoms. The van der Waals surface area contributed by atoms with Crippen LogP contribution >= 0.6 is 11.3 Å². The van der Waals surface area contributed by atoms with Crippen LogP contribution in [-0.2, 0) is 11.3 Å². The van der Waals surface area contributed by atoms with Crippen molar-refractivity contribution in [2.75, 3.05) is 12.4 Å². The first-order chi connectivity index (χ1) is 14.1. The van der Waals surface area contributed by atoms with Crippen LogP contribution in [0.4, 0.5) is 5.69 Å². The van der Waals surface area contributed by atoms with E-state index in [0.717, 1.165) is 34.0 Å². The minimum atomic E-state index is -0.221. The third-order valence-electron chi connectivity index (χ3n) is 4.24. The summed E-state index contributed by atoms with van der Waals surface area (Å²) in [5, 5.41) is 8.25. The molecule has 0 spiro atoms. The number of carbonyl (C=O) groups excluding carboxylic acids is 2. The number of hydrogen-bond donors (Lipinski definition) is 2. The van der Waals surface area contributed by atoms with E-state index in [4.69, 9.17) is 4.74 Å². The molecule has 0 atom stereocenters. The molecule has 0 aliphatic carbocycles. The fraction of sp³-hybridized carbons (Fsp3) is 0.227. The second-order valence-electron chi connectivity index (χ2n) is 6.44. The average Bonchev–Trinajstić information content (AvgIpc) is 3.24. The number of amides is 2. The van der Waals surface area contributed by atoms with Crippen molar-refractivity contribution in [3.63, 3.8) is 0 Å². The van der Waals surface area contributed by atoms with E-state index in [1.54, 1.807) is 12.5 Å². The van der Waals surface area contributed by atoms with E-state index in [1.807, 2.05) is 55.5 Å². The maximum atomic E-state index is 12.4. The summed E-state index contributed by atoms with van der Waals surface area (Å²) < 4.78 is 5.16. The van der Waals surface area contributed by atoms with Crippen LogP contribution in [0.5, 0.6) is 5.75 Å². The highest BCUT2D eigenvalue weighted by Crippen LogP contribution is 2.25. The Hall–Kier alpha value is -3.19. The minimum absolute atomic E-state index is 0.00440. The molecule has 0 bridgehead atoms. The lowest BCUT2D eigenvalue weighted by Crippen LogP contribution is -2.23. The Morgan fingerprint density at radius 1 is 1.07 bits per heavy atom. The molecule has 2 amide bonds. The van der Waals surface area contributed by atoms with E-state index in [9.17, 15) is 9.59 Å². The zero-order valence-electron chi connectivity index (χ0n) is 16.4. The molecule has 0 radical (unpaired) electrons. The summed E-state index contributed by atoms with van der Waals surface area (Å²) >= 11 is 1.42. The molecule has 3 rings (SSSR count). The van der Waals surface area contributed by atoms with Gasteiger partial charge in [0.05, 0.1) is 7.11 Å². The molecule has 2 aromatic carbocycles. The molecule has 0 unspecified atom stereocenters. The number of ether oxygens (including phenoxy) is 1. The summed E-state index contributed by atoms with van der Waals surface area (Å²) in [5.74, 6) is 0.560. The molecule has 0 saturated carbocycles. The monoisotopic (exact) mass is 409 g/mol. The van der Waals surface area contributed by atoms with E-state index in [1.165, 1.54) is 11.3 Å². The molecule has 0 aliphatic rings. The van der Waals surface area contributed by atoms with Gasteiger partial charge < -0.3 is 15.4 Å². The van der Waals surface area contributed by atoms with Gasteiger partial charge in [-0.05, 0) is 48.4 Å². The molecule has 7 heteroatoms. The van der Waals surface area contributed by atoms with Crippen molar-refractivity contribution < 1.29 is 14.3 Å². The topological polar surface area (TPSA) is 80.3 Å². The summed E-state index contributed by atoms with van der Waals surface area (Å²) in [6, 6.07) is 15.0. The van der Waals surface area contributed by atoms with Crippen molar-refractivity contribution in [1.82, 2.24) is 10.3 Å². The van der Waals surface area contributed by atoms with Crippen LogP contribution in [0.1, 0.15) is 35.8 Å². The lowest BCUT2D eigenvalue weighted by molar-refractivity contribution is -0.116. The van der Waals surface area contributed by atoms with Crippen LogP contribution in [-0.4, -0.2) is 23.9 Å². The van der Waals surface area contributed by atoms with E-state index in [-0.39, 0.29) is 11.8 Å². The average molecular weight is 410 g/mol. The lowest BCUT2D eigenvalue weighted by atomic mass is 10.2. The number of carbonyl (C=O) groups is 2. The third-order valence-corrected chi connectivity index (χ3v) is 5.13. The van der Waals surface area contributed by atoms with Crippen molar-refractivity contribution in [2.45, 2.75) is 26.3 Å². The fourth-order valence-electron chi connectivity index (χ4n) is 2.67. The molecule has 150 valence electrons. The van der Waals surface area contributed by atoms with Gasteiger partial charge in [-0.1, -0.05) is 19.1 Å². The van der Waals surface area contributed by atoms with Gasteiger partial charge in [0.15, 0.2) is 0 Å². The van der Waals surface area contributed by atoms with Crippen molar-refractivity contribution in [3.8, 4) is 16.3 Å². The Morgan fingerprint density at radius 2 is 1.79 bits per heavy atom. The number of methoxy groups -OCH3 is 1. The second-order valence-corrected chi connectivity index (χ2v) is 7.30. The highest BCUT2D eigenvalue weighted by molar-refractivity contribution is 7.13. The van der Waals surface area contributed by atoms with E-state index in [0.29, 0.717) is 18.7 Å². The van der Waals surface area contributed by atoms with Gasteiger partial charge in [0.1, 0.15) is 16.5 Å². The SMILES string of the molecule is CCCC(=O)Nc1ccc(CNC(=O)c2csc(-c3ccc(OC)cc3)n2)cc1. The zero-order chi connectivity index (χ0) is 20.6. The van der Waals surface area contributed by atoms with E-state index >= 15 is 0 Å². The number of benzene rings is 2. The largest absolute Gasteiger partial charge is 0.497 e. The van der Waals surface area contributed by atoms with Gasteiger partial charge >= 0.3 is 0 Å². The summed E-state index contributed by atoms with van der Waals surface area (Å²) in [5.41, 5.74) is 3.03. The van der Waals surface area contributed by atoms with Gasteiger partial charge in [-0.15, -0.1) is 11.3 Å². The minimum Gasteiger partial charge on any atom is -0.497 e. The highest BCUT2D eigenvalue weighted by Gasteiger charge is 2.12. The molecule has 2 N–H and O–H groups in total. The van der Waals surface area contributed by atoms with Crippen molar-refractivity contribution in [2.24, 2.45) is 0 Å². The second kappa shape index (κ2) is 9.84. The number of nitrogens with one attached hydrogen (secondary N) is 2. The summed E-state index contributed by atoms with van der Waals surface area (Å²) in [4.78, 5) is 28.5. The molecule has 1 aromatic heterocycles. The maximum absolute atomic E-state index is 12.4. The Kier molecular flexibility index (Phi) is 6.97. The predicted octanol–water partition coefficient (Wildman–Crippen LogP) is 4.49. The van der Waals surface area contributed by atoms with Gasteiger partial charge in [-0.3, -0.25) is 9.59 Å². The highest BCUT2D eigenvalue weighted by atomic mass is 32.1. The molecular formula is C22H23N3O3S. The van der Waals surface area contributed by atoms with Crippen LogP contribution in [0.25, 0.3) is 10.6 Å². The van der Waals surface area contributed by atoms with Gasteiger partial charge in [0.2, 0.25) is 5.91 Å². The summed E-state index contributed by atoms with van der Waals surface area (Å²) in [6.07, 6.45) is 1.32. The quantitative estimate of drug-likeness (QED) is 0.575. The van der Waals surface area contributed by atoms with Gasteiger partial charge in [-0.25, -0.2) is 4.98 Å². The van der Waals surface area contributed by atoms with Crippen molar-refractivity contribution >= 4 is 28.8 Å². The Balaban J connectivity index is 1.55. The van der Waals surface area contributed by atoms with Crippen molar-refractivity contribution in [1.29, 1.82) is 0 Å². The van der Waals surface area contributed by atoms with Crippen LogP contribution in [0.2, 0.25) is 0 Å². The van der Waals surface area contributed by atoms with Crippen LogP contribution < -0.4 is 15.4 Å². The van der Waals surface area contributed by atoms with Crippen LogP contribution in [0.15, 0.2) is 53.9 Å². The normalized spacial score (nSPS) is 10.4. The molecule has 0 saturated heterocycles. The first-order valence-corrected chi connectivity index (χ1v) is 10.2. The van der Waals surface area contributed by atoms with E-state index in [2.05, 4.69) is 15.6 Å². The van der Waals surface area contributed by atoms with Crippen LogP contribution in [0.3, 0.4) is 0 Å². The number of rotatable bonds is 8. The predicted molar refractivity (Wildman–Crippen MR) is 115 cm³/mol. The van der Waals surface area contributed by atoms with Gasteiger partial charge in [0, 0.05) is 29.6 Å². The third kappa shape index (κ3) is 5.65. The number of thiazole rings is 1. The Labute approximate surface area is 173 Å². The molecular weight excluding hydrogens is 386 g/mol. The Bertz CT molecular complexity index is 966. The lowest BCUT2D eigenvalue weighted by Gasteiger charge is -2.07. The summed E-state index contributed by atoms with van der Waals surface area (Å²) in [7, 11) is 1.62. The van der Waals surface area contributed by atoms with E-state index < -0.39 is 0 Å². The van der Waals surface area contributed by atoms with Gasteiger partial charge in [-0.2, -0.15) is 0 Å². The molecule has 0 aliphatic heterocycles. The van der Waals surface area contributed by atoms with Crippen LogP contribution in [0, 0.1) is 0 Å². The fourth-order valence-corrected chi connectivity index (χ4v) is 3.48. The molecule has 3 aromatic rings. The number of hydrogen-bond acceptors (Lipinski definition) is 5. The standard InChI is InChI=1S/C22H23N3O3S/c1-3-4-20(26)24-17-9-5-15(6-10-17)13-23-21(27)19-14-29-22(25-19)16-7-11-18(28-2)12-8-16/h5-12,14H,3-4,13H2,1-2H3,(H,23,27)(H,24,26). The number of nitrogens with zero attached hydrogens (tertiary/aromatic N) is 1. The van der Waals surface area contributed by atoms with Gasteiger partial charge in [0.25, 0.3) is 5.91 Å². The Morgan fingerprint density at radius 3 is 2.45 bits per heavy atom. The zero-order valence-corrected chi connectivity index (χ0v) is 17.2.